The van der Waals surface area contributed by atoms with Crippen LogP contribution >= 0.6 is 0 Å². The van der Waals surface area contributed by atoms with Crippen molar-refractivity contribution in [1.82, 2.24) is 0 Å². The van der Waals surface area contributed by atoms with Gasteiger partial charge in [0.1, 0.15) is 18.1 Å². The fraction of sp³-hybridized carbons (Fsp3) is 0.857. The molecule has 0 radical (unpaired) electrons. The van der Waals surface area contributed by atoms with Crippen molar-refractivity contribution in [1.29, 1.82) is 0 Å². The molecule has 0 aromatic carbocycles. The molecule has 1 aliphatic rings. The van der Waals surface area contributed by atoms with Crippen LogP contribution in [0.4, 0.5) is 0 Å². The molecule has 1 saturated heterocycles. The molecule has 1 rings (SSSR count). The van der Waals surface area contributed by atoms with Crippen molar-refractivity contribution in [2.45, 2.75) is 32.2 Å². The highest BCUT2D eigenvalue weighted by molar-refractivity contribution is 5.76. The van der Waals surface area contributed by atoms with Gasteiger partial charge < -0.3 is 14.9 Å². The molecule has 0 aromatic rings. The fourth-order valence-corrected chi connectivity index (χ4v) is 1.25. The van der Waals surface area contributed by atoms with E-state index in [9.17, 15) is 9.90 Å². The maximum absolute atomic E-state index is 10.9. The minimum Gasteiger partial charge on any atom is -0.460 e. The van der Waals surface area contributed by atoms with Crippen LogP contribution in [0.3, 0.4) is 0 Å². The van der Waals surface area contributed by atoms with Crippen LogP contribution < -0.4 is 0 Å². The molecule has 0 spiro atoms. The summed E-state index contributed by atoms with van der Waals surface area (Å²) in [6.07, 6.45) is -2.22. The molecule has 0 amide bonds. The van der Waals surface area contributed by atoms with E-state index in [4.69, 9.17) is 9.84 Å². The monoisotopic (exact) mass is 160 g/mol. The molecular formula is C7H12O4. The number of cyclic esters (lactones) is 1. The van der Waals surface area contributed by atoms with E-state index in [1.165, 1.54) is 6.92 Å². The summed E-state index contributed by atoms with van der Waals surface area (Å²) in [6.45, 7) is 3.07. The molecule has 4 nitrogen and oxygen atoms in total. The summed E-state index contributed by atoms with van der Waals surface area (Å²) in [5, 5.41) is 18.3. The first-order valence-corrected chi connectivity index (χ1v) is 3.60. The molecule has 11 heavy (non-hydrogen) atoms. The lowest BCUT2D eigenvalue weighted by Crippen LogP contribution is -2.32. The first-order chi connectivity index (χ1) is 5.04. The van der Waals surface area contributed by atoms with E-state index in [0.717, 1.165) is 0 Å². The fourth-order valence-electron chi connectivity index (χ4n) is 1.25. The van der Waals surface area contributed by atoms with E-state index in [-0.39, 0.29) is 0 Å². The molecule has 0 aromatic heterocycles. The Hall–Kier alpha value is -0.610. The van der Waals surface area contributed by atoms with Crippen molar-refractivity contribution in [3.8, 4) is 0 Å². The Kier molecular flexibility index (Phi) is 2.15. The summed E-state index contributed by atoms with van der Waals surface area (Å²) < 4.78 is 4.70. The van der Waals surface area contributed by atoms with Gasteiger partial charge in [0.15, 0.2) is 0 Å². The van der Waals surface area contributed by atoms with Crippen LogP contribution in [-0.4, -0.2) is 34.5 Å². The Morgan fingerprint density at radius 2 is 2.18 bits per heavy atom. The summed E-state index contributed by atoms with van der Waals surface area (Å²) in [6, 6.07) is 0. The van der Waals surface area contributed by atoms with Crippen molar-refractivity contribution >= 4 is 5.97 Å². The van der Waals surface area contributed by atoms with Gasteiger partial charge in [0.05, 0.1) is 6.10 Å². The second-order valence-corrected chi connectivity index (χ2v) is 2.90. The summed E-state index contributed by atoms with van der Waals surface area (Å²) in [5.74, 6) is -1.29. The average Bonchev–Trinajstić information content (AvgIpc) is 2.07. The summed E-state index contributed by atoms with van der Waals surface area (Å²) in [7, 11) is 0. The van der Waals surface area contributed by atoms with E-state index in [2.05, 4.69) is 0 Å². The number of ether oxygens (including phenoxy) is 1. The molecular weight excluding hydrogens is 148 g/mol. The second kappa shape index (κ2) is 2.79. The highest BCUT2D eigenvalue weighted by Gasteiger charge is 2.43. The molecule has 64 valence electrons. The standard InChI is InChI=1S/C7H12O4/c1-3(8)5-6(9)4(2)11-7(5)10/h3-6,8-9H,1-2H3. The topological polar surface area (TPSA) is 66.8 Å². The first-order valence-electron chi connectivity index (χ1n) is 3.60. The van der Waals surface area contributed by atoms with Crippen LogP contribution in [0.25, 0.3) is 0 Å². The van der Waals surface area contributed by atoms with Gasteiger partial charge in [-0.2, -0.15) is 0 Å². The lowest BCUT2D eigenvalue weighted by molar-refractivity contribution is -0.146. The Labute approximate surface area is 64.8 Å². The molecule has 1 heterocycles. The molecule has 1 fully saturated rings. The quantitative estimate of drug-likeness (QED) is 0.497. The third kappa shape index (κ3) is 1.36. The molecule has 0 aliphatic carbocycles. The van der Waals surface area contributed by atoms with Crippen LogP contribution in [0.15, 0.2) is 0 Å². The predicted octanol–water partition coefficient (Wildman–Crippen LogP) is -0.710. The SMILES string of the molecule is CC(O)C1C(=O)OC(C)C1O. The minimum absolute atomic E-state index is 0.498. The number of esters is 1. The van der Waals surface area contributed by atoms with Crippen molar-refractivity contribution in [2.24, 2.45) is 5.92 Å². The van der Waals surface area contributed by atoms with Gasteiger partial charge in [-0.1, -0.05) is 0 Å². The van der Waals surface area contributed by atoms with Gasteiger partial charge in [-0.25, -0.2) is 0 Å². The Balaban J connectivity index is 2.71. The van der Waals surface area contributed by atoms with E-state index in [1.807, 2.05) is 0 Å². The summed E-state index contributed by atoms with van der Waals surface area (Å²) in [5.41, 5.74) is 0. The normalized spacial score (nSPS) is 40.4. The van der Waals surface area contributed by atoms with Gasteiger partial charge in [-0.3, -0.25) is 4.79 Å². The van der Waals surface area contributed by atoms with Gasteiger partial charge >= 0.3 is 5.97 Å². The smallest absolute Gasteiger partial charge is 0.314 e. The maximum atomic E-state index is 10.9. The van der Waals surface area contributed by atoms with Crippen LogP contribution in [0.5, 0.6) is 0 Å². The number of carbonyl (C=O) groups is 1. The van der Waals surface area contributed by atoms with Crippen molar-refractivity contribution < 1.29 is 19.7 Å². The Bertz CT molecular complexity index is 166. The molecule has 0 saturated carbocycles. The number of hydrogen-bond acceptors (Lipinski definition) is 4. The second-order valence-electron chi connectivity index (χ2n) is 2.90. The number of aliphatic hydroxyl groups is 2. The average molecular weight is 160 g/mol. The predicted molar refractivity (Wildman–Crippen MR) is 36.7 cm³/mol. The Morgan fingerprint density at radius 3 is 2.36 bits per heavy atom. The van der Waals surface area contributed by atoms with Crippen LogP contribution in [-0.2, 0) is 9.53 Å². The van der Waals surface area contributed by atoms with Gasteiger partial charge in [-0.05, 0) is 13.8 Å². The highest BCUT2D eigenvalue weighted by atomic mass is 16.6. The minimum atomic E-state index is -0.873. The van der Waals surface area contributed by atoms with Gasteiger partial charge in [0.2, 0.25) is 0 Å². The lowest BCUT2D eigenvalue weighted by atomic mass is 9.97. The number of aliphatic hydroxyl groups excluding tert-OH is 2. The first kappa shape index (κ1) is 8.49. The zero-order valence-electron chi connectivity index (χ0n) is 6.52. The molecule has 4 atom stereocenters. The summed E-state index contributed by atoms with van der Waals surface area (Å²) in [4.78, 5) is 10.9. The molecule has 0 bridgehead atoms. The molecule has 1 aliphatic heterocycles. The van der Waals surface area contributed by atoms with E-state index in [1.54, 1.807) is 6.92 Å². The van der Waals surface area contributed by atoms with E-state index < -0.39 is 30.2 Å². The van der Waals surface area contributed by atoms with Gasteiger partial charge in [0.25, 0.3) is 0 Å². The van der Waals surface area contributed by atoms with Crippen molar-refractivity contribution in [2.75, 3.05) is 0 Å². The largest absolute Gasteiger partial charge is 0.460 e. The summed E-state index contributed by atoms with van der Waals surface area (Å²) >= 11 is 0. The van der Waals surface area contributed by atoms with Gasteiger partial charge in [-0.15, -0.1) is 0 Å². The molecule has 4 heteroatoms. The number of rotatable bonds is 1. The van der Waals surface area contributed by atoms with Crippen LogP contribution in [0, 0.1) is 5.92 Å². The zero-order chi connectivity index (χ0) is 8.59. The third-order valence-electron chi connectivity index (χ3n) is 1.94. The van der Waals surface area contributed by atoms with Crippen LogP contribution in [0.1, 0.15) is 13.8 Å². The molecule has 4 unspecified atom stereocenters. The Morgan fingerprint density at radius 1 is 1.64 bits per heavy atom. The maximum Gasteiger partial charge on any atom is 0.314 e. The zero-order valence-corrected chi connectivity index (χ0v) is 6.52. The van der Waals surface area contributed by atoms with E-state index >= 15 is 0 Å². The number of carbonyl (C=O) groups excluding carboxylic acids is 1. The molecule has 2 N–H and O–H groups in total. The van der Waals surface area contributed by atoms with Gasteiger partial charge in [0, 0.05) is 0 Å². The van der Waals surface area contributed by atoms with Crippen molar-refractivity contribution in [3.05, 3.63) is 0 Å². The highest BCUT2D eigenvalue weighted by Crippen LogP contribution is 2.24. The number of hydrogen-bond donors (Lipinski definition) is 2. The van der Waals surface area contributed by atoms with E-state index in [0.29, 0.717) is 0 Å². The third-order valence-corrected chi connectivity index (χ3v) is 1.94. The van der Waals surface area contributed by atoms with Crippen LogP contribution in [0.2, 0.25) is 0 Å². The lowest BCUT2D eigenvalue weighted by Gasteiger charge is -2.13. The van der Waals surface area contributed by atoms with Crippen molar-refractivity contribution in [3.63, 3.8) is 0 Å².